The van der Waals surface area contributed by atoms with E-state index in [2.05, 4.69) is 4.98 Å². The van der Waals surface area contributed by atoms with Crippen LogP contribution in [-0.4, -0.2) is 4.98 Å². The second kappa shape index (κ2) is 4.18. The molecule has 0 radical (unpaired) electrons. The SMILES string of the molecule is Nc1ccc(COc2ccncc2N)s1. The van der Waals surface area contributed by atoms with Gasteiger partial charge in [-0.15, -0.1) is 11.3 Å². The Kier molecular flexibility index (Phi) is 2.73. The second-order valence-electron chi connectivity index (χ2n) is 3.01. The van der Waals surface area contributed by atoms with Crippen molar-refractivity contribution >= 4 is 22.0 Å². The van der Waals surface area contributed by atoms with Crippen LogP contribution in [0.5, 0.6) is 5.75 Å². The lowest BCUT2D eigenvalue weighted by Crippen LogP contribution is -1.97. The van der Waals surface area contributed by atoms with Gasteiger partial charge in [0.2, 0.25) is 0 Å². The minimum atomic E-state index is 0.482. The van der Waals surface area contributed by atoms with Gasteiger partial charge in [-0.1, -0.05) is 0 Å². The Bertz CT molecular complexity index is 455. The first kappa shape index (κ1) is 9.79. The molecule has 0 unspecified atom stereocenters. The molecule has 2 aromatic heterocycles. The number of pyridine rings is 1. The van der Waals surface area contributed by atoms with Crippen LogP contribution in [0.3, 0.4) is 0 Å². The Morgan fingerprint density at radius 1 is 1.27 bits per heavy atom. The predicted molar refractivity (Wildman–Crippen MR) is 61.7 cm³/mol. The molecule has 0 saturated heterocycles. The summed E-state index contributed by atoms with van der Waals surface area (Å²) in [4.78, 5) is 4.95. The molecule has 78 valence electrons. The predicted octanol–water partition coefficient (Wildman–Crippen LogP) is 1.89. The van der Waals surface area contributed by atoms with Crippen molar-refractivity contribution in [3.63, 3.8) is 0 Å². The van der Waals surface area contributed by atoms with Crippen LogP contribution in [0.4, 0.5) is 10.7 Å². The molecular weight excluding hydrogens is 210 g/mol. The summed E-state index contributed by atoms with van der Waals surface area (Å²) in [5.41, 5.74) is 11.8. The molecule has 0 bridgehead atoms. The minimum absolute atomic E-state index is 0.482. The summed E-state index contributed by atoms with van der Waals surface area (Å²) in [6, 6.07) is 5.54. The normalized spacial score (nSPS) is 10.1. The number of rotatable bonds is 3. The Morgan fingerprint density at radius 3 is 2.80 bits per heavy atom. The quantitative estimate of drug-likeness (QED) is 0.830. The molecule has 0 spiro atoms. The fourth-order valence-electron chi connectivity index (χ4n) is 1.15. The highest BCUT2D eigenvalue weighted by Crippen LogP contribution is 2.23. The van der Waals surface area contributed by atoms with Crippen molar-refractivity contribution in [1.82, 2.24) is 4.98 Å². The van der Waals surface area contributed by atoms with E-state index in [1.165, 1.54) is 11.3 Å². The van der Waals surface area contributed by atoms with E-state index in [0.717, 1.165) is 9.88 Å². The molecule has 2 rings (SSSR count). The van der Waals surface area contributed by atoms with Gasteiger partial charge >= 0.3 is 0 Å². The third-order valence-corrected chi connectivity index (χ3v) is 2.75. The van der Waals surface area contributed by atoms with E-state index in [0.29, 0.717) is 18.0 Å². The van der Waals surface area contributed by atoms with Crippen molar-refractivity contribution in [2.75, 3.05) is 11.5 Å². The number of aromatic nitrogens is 1. The molecule has 15 heavy (non-hydrogen) atoms. The van der Waals surface area contributed by atoms with Crippen LogP contribution in [0.2, 0.25) is 0 Å². The Hall–Kier alpha value is -1.75. The molecule has 2 heterocycles. The molecular formula is C10H11N3OS. The topological polar surface area (TPSA) is 74.2 Å². The molecule has 0 atom stereocenters. The minimum Gasteiger partial charge on any atom is -0.486 e. The number of hydrogen-bond donors (Lipinski definition) is 2. The first-order chi connectivity index (χ1) is 7.25. The molecule has 0 aliphatic heterocycles. The van der Waals surface area contributed by atoms with E-state index in [1.807, 2.05) is 12.1 Å². The van der Waals surface area contributed by atoms with Crippen molar-refractivity contribution in [3.8, 4) is 5.75 Å². The molecule has 0 saturated carbocycles. The van der Waals surface area contributed by atoms with Crippen LogP contribution in [-0.2, 0) is 6.61 Å². The summed E-state index contributed by atoms with van der Waals surface area (Å²) < 4.78 is 5.53. The molecule has 0 amide bonds. The van der Waals surface area contributed by atoms with E-state index in [-0.39, 0.29) is 0 Å². The molecule has 5 heteroatoms. The number of hydrogen-bond acceptors (Lipinski definition) is 5. The number of nitrogens with zero attached hydrogens (tertiary/aromatic N) is 1. The molecule has 4 N–H and O–H groups in total. The van der Waals surface area contributed by atoms with Crippen LogP contribution in [0.25, 0.3) is 0 Å². The average Bonchev–Trinajstić information content (AvgIpc) is 2.63. The lowest BCUT2D eigenvalue weighted by atomic mass is 10.4. The Labute approximate surface area is 91.5 Å². The number of thiophene rings is 1. The van der Waals surface area contributed by atoms with E-state index >= 15 is 0 Å². The highest BCUT2D eigenvalue weighted by atomic mass is 32.1. The highest BCUT2D eigenvalue weighted by Gasteiger charge is 2.01. The van der Waals surface area contributed by atoms with Gasteiger partial charge < -0.3 is 16.2 Å². The zero-order chi connectivity index (χ0) is 10.7. The van der Waals surface area contributed by atoms with Crippen LogP contribution in [0.15, 0.2) is 30.6 Å². The summed E-state index contributed by atoms with van der Waals surface area (Å²) >= 11 is 1.51. The fraction of sp³-hybridized carbons (Fsp3) is 0.100. The largest absolute Gasteiger partial charge is 0.486 e. The molecule has 0 aliphatic rings. The summed E-state index contributed by atoms with van der Waals surface area (Å²) in [6.07, 6.45) is 3.21. The third-order valence-electron chi connectivity index (χ3n) is 1.86. The summed E-state index contributed by atoms with van der Waals surface area (Å²) in [5, 5.41) is 0.788. The lowest BCUT2D eigenvalue weighted by Gasteiger charge is -2.06. The van der Waals surface area contributed by atoms with Gasteiger partial charge in [-0.2, -0.15) is 0 Å². The van der Waals surface area contributed by atoms with Crippen molar-refractivity contribution in [1.29, 1.82) is 0 Å². The number of nitrogen functional groups attached to an aromatic ring is 2. The number of anilines is 2. The van der Waals surface area contributed by atoms with E-state index in [9.17, 15) is 0 Å². The first-order valence-corrected chi connectivity index (χ1v) is 5.24. The van der Waals surface area contributed by atoms with Gasteiger partial charge in [-0.05, 0) is 12.1 Å². The molecule has 2 aromatic rings. The second-order valence-corrected chi connectivity index (χ2v) is 4.21. The standard InChI is InChI=1S/C10H11N3OS/c11-8-5-13-4-3-9(8)14-6-7-1-2-10(12)15-7/h1-5H,6,11-12H2. The Balaban J connectivity index is 2.02. The van der Waals surface area contributed by atoms with Crippen molar-refractivity contribution in [3.05, 3.63) is 35.5 Å². The van der Waals surface area contributed by atoms with Gasteiger partial charge in [0.1, 0.15) is 12.4 Å². The average molecular weight is 221 g/mol. The number of ether oxygens (including phenoxy) is 1. The first-order valence-electron chi connectivity index (χ1n) is 4.42. The van der Waals surface area contributed by atoms with Crippen LogP contribution in [0, 0.1) is 0 Å². The van der Waals surface area contributed by atoms with Gasteiger partial charge in [0.25, 0.3) is 0 Å². The highest BCUT2D eigenvalue weighted by molar-refractivity contribution is 7.15. The van der Waals surface area contributed by atoms with E-state index in [4.69, 9.17) is 16.2 Å². The van der Waals surface area contributed by atoms with Gasteiger partial charge in [0.15, 0.2) is 0 Å². The maximum absolute atomic E-state index is 5.68. The fourth-order valence-corrected chi connectivity index (χ4v) is 1.84. The van der Waals surface area contributed by atoms with Crippen LogP contribution in [0.1, 0.15) is 4.88 Å². The Morgan fingerprint density at radius 2 is 2.13 bits per heavy atom. The van der Waals surface area contributed by atoms with Crippen LogP contribution >= 0.6 is 11.3 Å². The maximum Gasteiger partial charge on any atom is 0.145 e. The van der Waals surface area contributed by atoms with E-state index in [1.54, 1.807) is 18.5 Å². The molecule has 0 fully saturated rings. The van der Waals surface area contributed by atoms with Gasteiger partial charge in [0, 0.05) is 17.1 Å². The summed E-state index contributed by atoms with van der Waals surface area (Å²) in [7, 11) is 0. The van der Waals surface area contributed by atoms with E-state index < -0.39 is 0 Å². The maximum atomic E-state index is 5.68. The lowest BCUT2D eigenvalue weighted by molar-refractivity contribution is 0.311. The monoisotopic (exact) mass is 221 g/mol. The number of nitrogens with two attached hydrogens (primary N) is 2. The molecule has 0 aliphatic carbocycles. The zero-order valence-corrected chi connectivity index (χ0v) is 8.83. The third kappa shape index (κ3) is 2.38. The molecule has 0 aromatic carbocycles. The van der Waals surface area contributed by atoms with Gasteiger partial charge in [0.05, 0.1) is 16.9 Å². The van der Waals surface area contributed by atoms with Crippen LogP contribution < -0.4 is 16.2 Å². The molecule has 4 nitrogen and oxygen atoms in total. The van der Waals surface area contributed by atoms with Gasteiger partial charge in [-0.3, -0.25) is 4.98 Å². The van der Waals surface area contributed by atoms with Crippen molar-refractivity contribution in [2.45, 2.75) is 6.61 Å². The van der Waals surface area contributed by atoms with Crippen molar-refractivity contribution < 1.29 is 4.74 Å². The smallest absolute Gasteiger partial charge is 0.145 e. The van der Waals surface area contributed by atoms with Gasteiger partial charge in [-0.25, -0.2) is 0 Å². The summed E-state index contributed by atoms with van der Waals surface area (Å²) in [6.45, 7) is 0.482. The summed E-state index contributed by atoms with van der Waals surface area (Å²) in [5.74, 6) is 0.650. The zero-order valence-electron chi connectivity index (χ0n) is 8.01. The van der Waals surface area contributed by atoms with Crippen molar-refractivity contribution in [2.24, 2.45) is 0 Å².